The lowest BCUT2D eigenvalue weighted by molar-refractivity contribution is 0.0151. The van der Waals surface area contributed by atoms with Gasteiger partial charge in [-0.15, -0.1) is 0 Å². The van der Waals surface area contributed by atoms with Gasteiger partial charge in [0.05, 0.1) is 23.3 Å². The topological polar surface area (TPSA) is 115 Å². The molecule has 2 aromatic rings. The largest absolute Gasteiger partial charge is 0.390 e. The molecule has 0 spiro atoms. The van der Waals surface area contributed by atoms with E-state index in [4.69, 9.17) is 17.1 Å². The first kappa shape index (κ1) is 14.5. The van der Waals surface area contributed by atoms with E-state index in [2.05, 4.69) is 20.0 Å². The molecule has 2 atom stereocenters. The fourth-order valence-electron chi connectivity index (χ4n) is 1.80. The van der Waals surface area contributed by atoms with E-state index >= 15 is 0 Å². The summed E-state index contributed by atoms with van der Waals surface area (Å²) < 4.78 is 0. The third-order valence-electron chi connectivity index (χ3n) is 2.83. The summed E-state index contributed by atoms with van der Waals surface area (Å²) in [7, 11) is 0. The minimum absolute atomic E-state index is 0.119. The maximum atomic E-state index is 10.1. The molecule has 2 N–H and O–H groups in total. The molecule has 0 aliphatic rings. The zero-order chi connectivity index (χ0) is 14.5. The van der Waals surface area contributed by atoms with Crippen LogP contribution in [0.1, 0.15) is 18.1 Å². The van der Waals surface area contributed by atoms with Crippen LogP contribution in [0.25, 0.3) is 21.5 Å². The zero-order valence-electron chi connectivity index (χ0n) is 10.4. The molecule has 2 unspecified atom stereocenters. The van der Waals surface area contributed by atoms with Crippen LogP contribution in [0.5, 0.6) is 0 Å². The Morgan fingerprint density at radius 3 is 2.90 bits per heavy atom. The highest BCUT2D eigenvalue weighted by molar-refractivity contribution is 6.29. The number of rotatable bonds is 5. The first-order valence-electron chi connectivity index (χ1n) is 5.91. The van der Waals surface area contributed by atoms with E-state index in [1.165, 1.54) is 6.20 Å². The number of hydrogen-bond donors (Lipinski definition) is 2. The first-order valence-corrected chi connectivity index (χ1v) is 6.29. The lowest BCUT2D eigenvalue weighted by atomic mass is 10.0. The second-order valence-corrected chi connectivity index (χ2v) is 4.58. The number of fused-ring (bicyclic) bond motifs is 1. The van der Waals surface area contributed by atoms with Gasteiger partial charge in [0.25, 0.3) is 0 Å². The Morgan fingerprint density at radius 2 is 2.15 bits per heavy atom. The maximum absolute atomic E-state index is 10.1. The number of aliphatic hydroxyl groups excluding tert-OH is 2. The van der Waals surface area contributed by atoms with Gasteiger partial charge in [0, 0.05) is 11.5 Å². The highest BCUT2D eigenvalue weighted by Crippen LogP contribution is 2.22. The molecule has 0 saturated heterocycles. The molecule has 1 aromatic carbocycles. The average molecular weight is 294 g/mol. The smallest absolute Gasteiger partial charge is 0.148 e. The lowest BCUT2D eigenvalue weighted by Gasteiger charge is -2.17. The predicted molar refractivity (Wildman–Crippen MR) is 74.1 cm³/mol. The third kappa shape index (κ3) is 3.34. The van der Waals surface area contributed by atoms with Crippen molar-refractivity contribution in [3.63, 3.8) is 0 Å². The van der Waals surface area contributed by atoms with Crippen LogP contribution < -0.4 is 0 Å². The Morgan fingerprint density at radius 1 is 1.35 bits per heavy atom. The average Bonchev–Trinajstić information content (AvgIpc) is 2.45. The van der Waals surface area contributed by atoms with Crippen molar-refractivity contribution in [3.8, 4) is 0 Å². The Balaban J connectivity index is 2.20. The van der Waals surface area contributed by atoms with Crippen molar-refractivity contribution >= 4 is 22.6 Å². The van der Waals surface area contributed by atoms with Gasteiger partial charge in [-0.1, -0.05) is 22.8 Å². The van der Waals surface area contributed by atoms with E-state index in [1.807, 2.05) is 0 Å². The van der Waals surface area contributed by atoms with Gasteiger partial charge >= 0.3 is 0 Å². The maximum Gasteiger partial charge on any atom is 0.148 e. The standard InChI is InChI=1S/C12H12ClN5O2/c13-11-6-15-8-2-1-7(5-9(8)17-11)12(20)10(19)3-4-16-18-14/h1-2,5-6,10,12,19-20H,3-4H2. The van der Waals surface area contributed by atoms with Crippen molar-refractivity contribution in [3.05, 3.63) is 45.6 Å². The van der Waals surface area contributed by atoms with Crippen molar-refractivity contribution in [2.45, 2.75) is 18.6 Å². The molecule has 2 rings (SSSR count). The van der Waals surface area contributed by atoms with Crippen LogP contribution >= 0.6 is 11.6 Å². The van der Waals surface area contributed by atoms with Gasteiger partial charge in [-0.25, -0.2) is 4.98 Å². The number of hydrogen-bond acceptors (Lipinski definition) is 5. The van der Waals surface area contributed by atoms with Crippen LogP contribution in [0.15, 0.2) is 29.5 Å². The number of nitrogens with zero attached hydrogens (tertiary/aromatic N) is 5. The molecule has 0 radical (unpaired) electrons. The molecule has 1 heterocycles. The molecular weight excluding hydrogens is 282 g/mol. The van der Waals surface area contributed by atoms with Crippen LogP contribution in [0.2, 0.25) is 5.15 Å². The molecular formula is C12H12ClN5O2. The van der Waals surface area contributed by atoms with Gasteiger partial charge in [-0.3, -0.25) is 4.98 Å². The Labute approximate surface area is 119 Å². The number of halogens is 1. The van der Waals surface area contributed by atoms with E-state index in [0.29, 0.717) is 16.6 Å². The molecule has 104 valence electrons. The summed E-state index contributed by atoms with van der Waals surface area (Å²) in [5.41, 5.74) is 9.85. The normalized spacial score (nSPS) is 13.8. The van der Waals surface area contributed by atoms with Crippen molar-refractivity contribution in [2.24, 2.45) is 5.11 Å². The number of aliphatic hydroxyl groups is 2. The monoisotopic (exact) mass is 293 g/mol. The van der Waals surface area contributed by atoms with E-state index in [-0.39, 0.29) is 18.1 Å². The second kappa shape index (κ2) is 6.49. The summed E-state index contributed by atoms with van der Waals surface area (Å²) in [6, 6.07) is 4.97. The minimum atomic E-state index is -1.09. The van der Waals surface area contributed by atoms with Crippen molar-refractivity contribution < 1.29 is 10.2 Å². The molecule has 0 amide bonds. The van der Waals surface area contributed by atoms with E-state index < -0.39 is 12.2 Å². The first-order chi connectivity index (χ1) is 9.61. The summed E-state index contributed by atoms with van der Waals surface area (Å²) >= 11 is 5.77. The van der Waals surface area contributed by atoms with Gasteiger partial charge in [-0.2, -0.15) is 0 Å². The Kier molecular flexibility index (Phi) is 4.70. The third-order valence-corrected chi connectivity index (χ3v) is 3.01. The van der Waals surface area contributed by atoms with Crippen LogP contribution in [-0.2, 0) is 0 Å². The van der Waals surface area contributed by atoms with Crippen molar-refractivity contribution in [1.29, 1.82) is 0 Å². The highest BCUT2D eigenvalue weighted by Gasteiger charge is 2.18. The van der Waals surface area contributed by atoms with Gasteiger partial charge in [0.1, 0.15) is 11.3 Å². The fraction of sp³-hybridized carbons (Fsp3) is 0.333. The van der Waals surface area contributed by atoms with E-state index in [0.717, 1.165) is 0 Å². The van der Waals surface area contributed by atoms with Gasteiger partial charge < -0.3 is 10.2 Å². The van der Waals surface area contributed by atoms with E-state index in [9.17, 15) is 10.2 Å². The fourth-order valence-corrected chi connectivity index (χ4v) is 1.94. The summed E-state index contributed by atoms with van der Waals surface area (Å²) in [6.07, 6.45) is -0.502. The summed E-state index contributed by atoms with van der Waals surface area (Å²) in [4.78, 5) is 10.8. The van der Waals surface area contributed by atoms with Crippen molar-refractivity contribution in [1.82, 2.24) is 9.97 Å². The molecule has 8 heteroatoms. The van der Waals surface area contributed by atoms with Gasteiger partial charge in [0.15, 0.2) is 0 Å². The number of aromatic nitrogens is 2. The van der Waals surface area contributed by atoms with Crippen molar-refractivity contribution in [2.75, 3.05) is 6.54 Å². The molecule has 0 saturated carbocycles. The van der Waals surface area contributed by atoms with Crippen LogP contribution in [0.3, 0.4) is 0 Å². The molecule has 7 nitrogen and oxygen atoms in total. The summed E-state index contributed by atoms with van der Waals surface area (Å²) in [5, 5.41) is 23.5. The Bertz CT molecular complexity index is 659. The predicted octanol–water partition coefficient (Wildman–Crippen LogP) is 2.38. The van der Waals surface area contributed by atoms with Gasteiger partial charge in [-0.05, 0) is 29.6 Å². The number of azide groups is 1. The Hall–Kier alpha value is -1.92. The van der Waals surface area contributed by atoms with Crippen LogP contribution in [0, 0.1) is 0 Å². The molecule has 0 fully saturated rings. The van der Waals surface area contributed by atoms with Gasteiger partial charge in [0.2, 0.25) is 0 Å². The number of benzene rings is 1. The van der Waals surface area contributed by atoms with E-state index in [1.54, 1.807) is 18.2 Å². The van der Waals surface area contributed by atoms with Crippen LogP contribution in [-0.4, -0.2) is 32.8 Å². The molecule has 1 aromatic heterocycles. The summed E-state index contributed by atoms with van der Waals surface area (Å²) in [6.45, 7) is 0.119. The molecule has 0 aliphatic carbocycles. The zero-order valence-corrected chi connectivity index (χ0v) is 11.1. The second-order valence-electron chi connectivity index (χ2n) is 4.20. The highest BCUT2D eigenvalue weighted by atomic mass is 35.5. The lowest BCUT2D eigenvalue weighted by Crippen LogP contribution is -2.19. The quantitative estimate of drug-likeness (QED) is 0.500. The molecule has 20 heavy (non-hydrogen) atoms. The molecule has 0 bridgehead atoms. The summed E-state index contributed by atoms with van der Waals surface area (Å²) in [5.74, 6) is 0. The minimum Gasteiger partial charge on any atom is -0.390 e. The molecule has 0 aliphatic heterocycles. The van der Waals surface area contributed by atoms with Crippen LogP contribution in [0.4, 0.5) is 0 Å². The SMILES string of the molecule is [N-]=[N+]=NCCC(O)C(O)c1ccc2ncc(Cl)nc2c1.